The van der Waals surface area contributed by atoms with Crippen molar-refractivity contribution in [3.63, 3.8) is 0 Å². The Balaban J connectivity index is 1.18. The summed E-state index contributed by atoms with van der Waals surface area (Å²) < 4.78 is 16.5. The molecule has 148 valence electrons. The van der Waals surface area contributed by atoms with Crippen LogP contribution in [0.15, 0.2) is 18.2 Å². The quantitative estimate of drug-likeness (QED) is 0.811. The standard InChI is InChI=1S/C22H32N2O3/c1-6-22(15-23(8-1)13-18-4-10-25-11-5-18)7-9-24(16-22)14-19-2-3-20-21(12-19)27-17-26-20/h2-3,12,18H,1,4-11,13-17H2/t22-/m0/s1. The van der Waals surface area contributed by atoms with Gasteiger partial charge in [0.05, 0.1) is 0 Å². The molecule has 4 aliphatic heterocycles. The van der Waals surface area contributed by atoms with Crippen molar-refractivity contribution < 1.29 is 14.2 Å². The van der Waals surface area contributed by atoms with Crippen molar-refractivity contribution in [2.24, 2.45) is 11.3 Å². The molecule has 4 aliphatic rings. The first kappa shape index (κ1) is 17.8. The van der Waals surface area contributed by atoms with Gasteiger partial charge in [-0.2, -0.15) is 0 Å². The molecule has 5 rings (SSSR count). The van der Waals surface area contributed by atoms with E-state index in [1.54, 1.807) is 0 Å². The predicted molar refractivity (Wildman–Crippen MR) is 104 cm³/mol. The first-order valence-corrected chi connectivity index (χ1v) is 10.7. The summed E-state index contributed by atoms with van der Waals surface area (Å²) in [5.74, 6) is 2.63. The summed E-state index contributed by atoms with van der Waals surface area (Å²) in [6.07, 6.45) is 6.61. The van der Waals surface area contributed by atoms with Crippen LogP contribution in [0.25, 0.3) is 0 Å². The molecule has 0 saturated carbocycles. The van der Waals surface area contributed by atoms with Crippen molar-refractivity contribution in [1.82, 2.24) is 9.80 Å². The molecule has 0 aliphatic carbocycles. The first-order chi connectivity index (χ1) is 13.3. The average molecular weight is 373 g/mol. The van der Waals surface area contributed by atoms with Crippen LogP contribution in [0.4, 0.5) is 0 Å². The Kier molecular flexibility index (Phi) is 5.01. The van der Waals surface area contributed by atoms with Crippen LogP contribution in [0.2, 0.25) is 0 Å². The van der Waals surface area contributed by atoms with Crippen LogP contribution in [-0.4, -0.2) is 62.5 Å². The molecule has 0 bridgehead atoms. The Bertz CT molecular complexity index is 661. The molecule has 4 heterocycles. The number of hydrogen-bond acceptors (Lipinski definition) is 5. The molecule has 5 heteroatoms. The van der Waals surface area contributed by atoms with Crippen LogP contribution in [0.5, 0.6) is 11.5 Å². The average Bonchev–Trinajstić information content (AvgIpc) is 3.30. The topological polar surface area (TPSA) is 34.2 Å². The maximum atomic E-state index is 5.54. The second-order valence-electron chi connectivity index (χ2n) is 9.04. The van der Waals surface area contributed by atoms with Crippen molar-refractivity contribution in [2.45, 2.75) is 38.6 Å². The van der Waals surface area contributed by atoms with E-state index in [1.807, 2.05) is 0 Å². The Morgan fingerprint density at radius 2 is 1.81 bits per heavy atom. The van der Waals surface area contributed by atoms with Crippen molar-refractivity contribution in [2.75, 3.05) is 52.7 Å². The van der Waals surface area contributed by atoms with Crippen LogP contribution in [-0.2, 0) is 11.3 Å². The molecule has 27 heavy (non-hydrogen) atoms. The van der Waals surface area contributed by atoms with Gasteiger partial charge >= 0.3 is 0 Å². The van der Waals surface area contributed by atoms with Gasteiger partial charge in [-0.1, -0.05) is 6.07 Å². The van der Waals surface area contributed by atoms with Gasteiger partial charge < -0.3 is 19.1 Å². The number of hydrogen-bond donors (Lipinski definition) is 0. The summed E-state index contributed by atoms with van der Waals surface area (Å²) in [5, 5.41) is 0. The summed E-state index contributed by atoms with van der Waals surface area (Å²) in [7, 11) is 0. The summed E-state index contributed by atoms with van der Waals surface area (Å²) >= 11 is 0. The number of fused-ring (bicyclic) bond motifs is 1. The van der Waals surface area contributed by atoms with Gasteiger partial charge in [-0.05, 0) is 74.2 Å². The van der Waals surface area contributed by atoms with Crippen LogP contribution in [0.1, 0.15) is 37.7 Å². The smallest absolute Gasteiger partial charge is 0.231 e. The fourth-order valence-electron chi connectivity index (χ4n) is 5.55. The zero-order valence-corrected chi connectivity index (χ0v) is 16.3. The van der Waals surface area contributed by atoms with E-state index in [1.165, 1.54) is 70.4 Å². The van der Waals surface area contributed by atoms with Gasteiger partial charge in [-0.15, -0.1) is 0 Å². The van der Waals surface area contributed by atoms with E-state index >= 15 is 0 Å². The van der Waals surface area contributed by atoms with Gasteiger partial charge in [0.25, 0.3) is 0 Å². The minimum atomic E-state index is 0.356. The fourth-order valence-corrected chi connectivity index (χ4v) is 5.55. The number of likely N-dealkylation sites (tertiary alicyclic amines) is 2. The van der Waals surface area contributed by atoms with Gasteiger partial charge in [0, 0.05) is 39.4 Å². The van der Waals surface area contributed by atoms with E-state index in [4.69, 9.17) is 14.2 Å². The van der Waals surface area contributed by atoms with Crippen LogP contribution in [0, 0.1) is 11.3 Å². The maximum Gasteiger partial charge on any atom is 0.231 e. The Morgan fingerprint density at radius 3 is 2.74 bits per heavy atom. The maximum absolute atomic E-state index is 5.54. The highest BCUT2D eigenvalue weighted by Gasteiger charge is 2.41. The van der Waals surface area contributed by atoms with Crippen LogP contribution in [0.3, 0.4) is 0 Å². The Labute approximate surface area is 162 Å². The third kappa shape index (κ3) is 3.96. The Hall–Kier alpha value is -1.30. The van der Waals surface area contributed by atoms with Gasteiger partial charge in [-0.3, -0.25) is 4.90 Å². The summed E-state index contributed by atoms with van der Waals surface area (Å²) in [6, 6.07) is 6.40. The van der Waals surface area contributed by atoms with Crippen molar-refractivity contribution in [3.8, 4) is 11.5 Å². The molecule has 1 spiro atoms. The van der Waals surface area contributed by atoms with E-state index in [0.29, 0.717) is 12.2 Å². The lowest BCUT2D eigenvalue weighted by Gasteiger charge is -2.42. The molecule has 0 radical (unpaired) electrons. The minimum Gasteiger partial charge on any atom is -0.454 e. The highest BCUT2D eigenvalue weighted by Crippen LogP contribution is 2.40. The SMILES string of the molecule is c1cc2c(cc1CN1CC[C@]3(CCCN(CC4CCOCC4)C3)C1)OCO2. The fraction of sp³-hybridized carbons (Fsp3) is 0.727. The normalized spacial score (nSPS) is 29.6. The number of ether oxygens (including phenoxy) is 3. The lowest BCUT2D eigenvalue weighted by Crippen LogP contribution is -2.46. The molecule has 1 aromatic carbocycles. The lowest BCUT2D eigenvalue weighted by atomic mass is 9.79. The minimum absolute atomic E-state index is 0.356. The number of nitrogens with zero attached hydrogens (tertiary/aromatic N) is 2. The lowest BCUT2D eigenvalue weighted by molar-refractivity contribution is 0.0312. The number of piperidine rings is 1. The summed E-state index contributed by atoms with van der Waals surface area (Å²) in [5.41, 5.74) is 1.85. The highest BCUT2D eigenvalue weighted by atomic mass is 16.7. The molecule has 0 unspecified atom stereocenters. The molecule has 0 aromatic heterocycles. The van der Waals surface area contributed by atoms with Gasteiger partial charge in [0.1, 0.15) is 0 Å². The van der Waals surface area contributed by atoms with E-state index < -0.39 is 0 Å². The van der Waals surface area contributed by atoms with Gasteiger partial charge in [-0.25, -0.2) is 0 Å². The molecule has 3 fully saturated rings. The van der Waals surface area contributed by atoms with Gasteiger partial charge in [0.2, 0.25) is 6.79 Å². The molecule has 3 saturated heterocycles. The molecule has 1 aromatic rings. The van der Waals surface area contributed by atoms with E-state index in [2.05, 4.69) is 28.0 Å². The van der Waals surface area contributed by atoms with Gasteiger partial charge in [0.15, 0.2) is 11.5 Å². The van der Waals surface area contributed by atoms with Crippen LogP contribution >= 0.6 is 0 Å². The highest BCUT2D eigenvalue weighted by molar-refractivity contribution is 5.44. The number of rotatable bonds is 4. The van der Waals surface area contributed by atoms with E-state index in [0.717, 1.165) is 37.2 Å². The van der Waals surface area contributed by atoms with Crippen molar-refractivity contribution >= 4 is 0 Å². The van der Waals surface area contributed by atoms with Crippen molar-refractivity contribution in [1.29, 1.82) is 0 Å². The molecule has 0 amide bonds. The third-order valence-electron chi connectivity index (χ3n) is 6.96. The number of benzene rings is 1. The molecular formula is C22H32N2O3. The first-order valence-electron chi connectivity index (χ1n) is 10.7. The van der Waals surface area contributed by atoms with E-state index in [-0.39, 0.29) is 0 Å². The molecule has 1 atom stereocenters. The molecular weight excluding hydrogens is 340 g/mol. The molecule has 5 nitrogen and oxygen atoms in total. The molecule has 0 N–H and O–H groups in total. The largest absolute Gasteiger partial charge is 0.454 e. The Morgan fingerprint density at radius 1 is 0.963 bits per heavy atom. The third-order valence-corrected chi connectivity index (χ3v) is 6.96. The zero-order chi connectivity index (χ0) is 18.1. The second-order valence-corrected chi connectivity index (χ2v) is 9.04. The van der Waals surface area contributed by atoms with E-state index in [9.17, 15) is 0 Å². The summed E-state index contributed by atoms with van der Waals surface area (Å²) in [6.45, 7) is 9.65. The summed E-state index contributed by atoms with van der Waals surface area (Å²) in [4.78, 5) is 5.42. The zero-order valence-electron chi connectivity index (χ0n) is 16.3. The van der Waals surface area contributed by atoms with Crippen molar-refractivity contribution in [3.05, 3.63) is 23.8 Å². The predicted octanol–water partition coefficient (Wildman–Crippen LogP) is 3.13. The monoisotopic (exact) mass is 372 g/mol. The van der Waals surface area contributed by atoms with Crippen LogP contribution < -0.4 is 9.47 Å². The second kappa shape index (κ2) is 7.61.